The molecule has 2 heterocycles. The van der Waals surface area contributed by atoms with E-state index >= 15 is 0 Å². The Morgan fingerprint density at radius 2 is 1.90 bits per heavy atom. The predicted octanol–water partition coefficient (Wildman–Crippen LogP) is 3.42. The number of oxazole rings is 1. The number of nitrogens with one attached hydrogen (secondary N) is 2. The van der Waals surface area contributed by atoms with Crippen LogP contribution >= 0.6 is 24.0 Å². The highest BCUT2D eigenvalue weighted by atomic mass is 127. The maximum atomic E-state index is 5.63. The molecule has 2 N–H and O–H groups in total. The number of hydrogen-bond donors (Lipinski definition) is 2. The van der Waals surface area contributed by atoms with Crippen LogP contribution in [0.15, 0.2) is 33.7 Å². The number of likely N-dealkylation sites (tertiary alicyclic amines) is 1. The van der Waals surface area contributed by atoms with Gasteiger partial charge in [0.1, 0.15) is 11.5 Å². The average molecular weight is 513 g/mol. The van der Waals surface area contributed by atoms with E-state index in [1.807, 2.05) is 26.0 Å². The summed E-state index contributed by atoms with van der Waals surface area (Å²) in [6.07, 6.45) is 2.50. The quantitative estimate of drug-likeness (QED) is 0.336. The van der Waals surface area contributed by atoms with Crippen molar-refractivity contribution in [2.24, 2.45) is 4.99 Å². The summed E-state index contributed by atoms with van der Waals surface area (Å²) < 4.78 is 10.9. The van der Waals surface area contributed by atoms with Crippen LogP contribution in [0.4, 0.5) is 0 Å². The number of hydrogen-bond acceptors (Lipinski definition) is 5. The van der Waals surface area contributed by atoms with Crippen molar-refractivity contribution in [1.29, 1.82) is 0 Å². The third-order valence-electron chi connectivity index (χ3n) is 5.25. The summed E-state index contributed by atoms with van der Waals surface area (Å²) >= 11 is 0. The second kappa shape index (κ2) is 11.4. The molecule has 160 valence electrons. The van der Waals surface area contributed by atoms with Crippen molar-refractivity contribution in [2.75, 3.05) is 33.8 Å². The van der Waals surface area contributed by atoms with Crippen LogP contribution in [0.3, 0.4) is 0 Å². The molecule has 0 saturated carbocycles. The largest absolute Gasteiger partial charge is 0.497 e. The number of guanidine groups is 1. The molecule has 1 aliphatic rings. The summed E-state index contributed by atoms with van der Waals surface area (Å²) in [7, 11) is 3.47. The Hall–Kier alpha value is -1.81. The Morgan fingerprint density at radius 1 is 1.21 bits per heavy atom. The van der Waals surface area contributed by atoms with Crippen molar-refractivity contribution in [1.82, 2.24) is 20.5 Å². The van der Waals surface area contributed by atoms with Crippen molar-refractivity contribution in [2.45, 2.75) is 39.3 Å². The van der Waals surface area contributed by atoms with Crippen LogP contribution in [0.2, 0.25) is 0 Å². The summed E-state index contributed by atoms with van der Waals surface area (Å²) in [5, 5.41) is 6.75. The minimum atomic E-state index is 0. The fourth-order valence-corrected chi connectivity index (χ4v) is 3.53. The van der Waals surface area contributed by atoms with Crippen LogP contribution in [-0.4, -0.2) is 49.6 Å². The molecule has 3 rings (SSSR count). The lowest BCUT2D eigenvalue weighted by Gasteiger charge is -2.29. The molecule has 8 heteroatoms. The Morgan fingerprint density at radius 3 is 2.45 bits per heavy atom. The molecule has 1 unspecified atom stereocenters. The molecule has 29 heavy (non-hydrogen) atoms. The molecule has 1 atom stereocenters. The number of methoxy groups -OCH3 is 1. The summed E-state index contributed by atoms with van der Waals surface area (Å²) in [4.78, 5) is 11.3. The molecule has 1 aromatic carbocycles. The molecule has 0 radical (unpaired) electrons. The zero-order valence-electron chi connectivity index (χ0n) is 17.7. The number of benzene rings is 1. The van der Waals surface area contributed by atoms with Gasteiger partial charge < -0.3 is 19.8 Å². The van der Waals surface area contributed by atoms with Crippen LogP contribution < -0.4 is 15.4 Å². The van der Waals surface area contributed by atoms with E-state index in [1.54, 1.807) is 14.2 Å². The topological polar surface area (TPSA) is 74.9 Å². The number of halogens is 1. The van der Waals surface area contributed by atoms with Crippen LogP contribution in [0.5, 0.6) is 5.75 Å². The van der Waals surface area contributed by atoms with E-state index in [9.17, 15) is 0 Å². The Balaban J connectivity index is 0.00000300. The highest BCUT2D eigenvalue weighted by Gasteiger charge is 2.23. The van der Waals surface area contributed by atoms with E-state index in [0.717, 1.165) is 42.8 Å². The van der Waals surface area contributed by atoms with Crippen molar-refractivity contribution in [3.8, 4) is 5.75 Å². The number of rotatable bonds is 7. The maximum absolute atomic E-state index is 5.63. The zero-order chi connectivity index (χ0) is 19.9. The summed E-state index contributed by atoms with van der Waals surface area (Å²) in [6.45, 7) is 7.40. The molecule has 2 aromatic rings. The summed E-state index contributed by atoms with van der Waals surface area (Å²) in [6, 6.07) is 8.64. The monoisotopic (exact) mass is 513 g/mol. The van der Waals surface area contributed by atoms with Gasteiger partial charge in [0, 0.05) is 13.6 Å². The van der Waals surface area contributed by atoms with E-state index in [2.05, 4.69) is 37.6 Å². The van der Waals surface area contributed by atoms with Crippen LogP contribution in [-0.2, 0) is 6.54 Å². The Kier molecular flexibility index (Phi) is 9.22. The Labute approximate surface area is 190 Å². The van der Waals surface area contributed by atoms with Gasteiger partial charge >= 0.3 is 0 Å². The molecule has 1 saturated heterocycles. The van der Waals surface area contributed by atoms with Crippen LogP contribution in [0, 0.1) is 13.8 Å². The van der Waals surface area contributed by atoms with Gasteiger partial charge in [-0.05, 0) is 57.5 Å². The van der Waals surface area contributed by atoms with Gasteiger partial charge in [-0.1, -0.05) is 12.1 Å². The van der Waals surface area contributed by atoms with Crippen molar-refractivity contribution < 1.29 is 9.15 Å². The second-order valence-electron chi connectivity index (χ2n) is 7.09. The fraction of sp³-hybridized carbons (Fsp3) is 0.524. The zero-order valence-corrected chi connectivity index (χ0v) is 20.0. The first kappa shape index (κ1) is 23.5. The smallest absolute Gasteiger partial charge is 0.214 e. The van der Waals surface area contributed by atoms with Gasteiger partial charge in [-0.15, -0.1) is 24.0 Å². The molecule has 1 aromatic heterocycles. The van der Waals surface area contributed by atoms with E-state index in [-0.39, 0.29) is 30.0 Å². The minimum Gasteiger partial charge on any atom is -0.497 e. The normalized spacial score (nSPS) is 15.7. The Bertz CT molecular complexity index is 765. The molecule has 0 bridgehead atoms. The number of aromatic nitrogens is 1. The lowest BCUT2D eigenvalue weighted by atomic mass is 10.1. The first-order chi connectivity index (χ1) is 13.6. The molecular weight excluding hydrogens is 481 g/mol. The highest BCUT2D eigenvalue weighted by Crippen LogP contribution is 2.26. The maximum Gasteiger partial charge on any atom is 0.214 e. The van der Waals surface area contributed by atoms with Crippen molar-refractivity contribution in [3.05, 3.63) is 47.2 Å². The van der Waals surface area contributed by atoms with Gasteiger partial charge in [-0.2, -0.15) is 0 Å². The fourth-order valence-electron chi connectivity index (χ4n) is 3.53. The molecular formula is C21H32IN5O2. The standard InChI is InChI=1S/C21H31N5O2.HI/c1-15-16(2)28-20(25-15)14-24-21(22-3)23-13-19(26-11-5-6-12-26)17-7-9-18(27-4)10-8-17;/h7-10,19H,5-6,11-14H2,1-4H3,(H2,22,23,24);1H. The lowest BCUT2D eigenvalue weighted by molar-refractivity contribution is 0.245. The van der Waals surface area contributed by atoms with Crippen LogP contribution in [0.1, 0.15) is 41.8 Å². The first-order valence-corrected chi connectivity index (χ1v) is 9.86. The molecule has 1 fully saturated rings. The van der Waals surface area contributed by atoms with E-state index in [4.69, 9.17) is 9.15 Å². The number of aryl methyl sites for hydroxylation is 2. The third-order valence-corrected chi connectivity index (χ3v) is 5.25. The van der Waals surface area contributed by atoms with Gasteiger partial charge in [-0.3, -0.25) is 9.89 Å². The molecule has 0 spiro atoms. The summed E-state index contributed by atoms with van der Waals surface area (Å²) in [5.41, 5.74) is 2.21. The van der Waals surface area contributed by atoms with E-state index in [0.29, 0.717) is 12.4 Å². The van der Waals surface area contributed by atoms with Gasteiger partial charge in [-0.25, -0.2) is 4.98 Å². The third kappa shape index (κ3) is 6.33. The SMILES string of the molecule is CN=C(NCc1nc(C)c(C)o1)NCC(c1ccc(OC)cc1)N1CCCC1.I. The predicted molar refractivity (Wildman–Crippen MR) is 126 cm³/mol. The molecule has 1 aliphatic heterocycles. The van der Waals surface area contributed by atoms with E-state index in [1.165, 1.54) is 18.4 Å². The van der Waals surface area contributed by atoms with Crippen LogP contribution in [0.25, 0.3) is 0 Å². The molecule has 7 nitrogen and oxygen atoms in total. The number of nitrogens with zero attached hydrogens (tertiary/aromatic N) is 3. The highest BCUT2D eigenvalue weighted by molar-refractivity contribution is 14.0. The second-order valence-corrected chi connectivity index (χ2v) is 7.09. The number of ether oxygens (including phenoxy) is 1. The van der Waals surface area contributed by atoms with Crippen molar-refractivity contribution >= 4 is 29.9 Å². The summed E-state index contributed by atoms with van der Waals surface area (Å²) in [5.74, 6) is 3.15. The van der Waals surface area contributed by atoms with Gasteiger partial charge in [0.05, 0.1) is 25.4 Å². The van der Waals surface area contributed by atoms with Gasteiger partial charge in [0.2, 0.25) is 5.89 Å². The lowest BCUT2D eigenvalue weighted by Crippen LogP contribution is -2.42. The van der Waals surface area contributed by atoms with Gasteiger partial charge in [0.25, 0.3) is 0 Å². The average Bonchev–Trinajstić information content (AvgIpc) is 3.35. The molecule has 0 aliphatic carbocycles. The number of aliphatic imine (C=N–C) groups is 1. The van der Waals surface area contributed by atoms with E-state index < -0.39 is 0 Å². The first-order valence-electron chi connectivity index (χ1n) is 9.86. The van der Waals surface area contributed by atoms with Crippen molar-refractivity contribution in [3.63, 3.8) is 0 Å². The van der Waals surface area contributed by atoms with Gasteiger partial charge in [0.15, 0.2) is 5.96 Å². The molecule has 0 amide bonds. The minimum absolute atomic E-state index is 0.